The molecule has 0 aliphatic rings. The summed E-state index contributed by atoms with van der Waals surface area (Å²) in [5.74, 6) is 0.421. The van der Waals surface area contributed by atoms with E-state index in [2.05, 4.69) is 123 Å². The summed E-state index contributed by atoms with van der Waals surface area (Å²) in [4.78, 5) is 0. The standard InChI is InChI=1S/C39H28S/c1-24(2)34-22-28(23-35-29-13-9-10-18-36(29)40-39(34)35)38-32-16-7-5-14-30(32)37(31-15-6-8-17-33(31)38)27-20-19-25-11-3-4-12-26(25)21-27/h3-24H,1-2H3/i3D. The van der Waals surface area contributed by atoms with Gasteiger partial charge in [-0.3, -0.25) is 0 Å². The predicted octanol–water partition coefficient (Wildman–Crippen LogP) is 12.0. The molecule has 1 heterocycles. The number of thiophene rings is 1. The van der Waals surface area contributed by atoms with Gasteiger partial charge in [0.15, 0.2) is 0 Å². The minimum absolute atomic E-state index is 0.421. The summed E-state index contributed by atoms with van der Waals surface area (Å²) in [5.41, 5.74) is 6.47. The Balaban J connectivity index is 1.49. The van der Waals surface area contributed by atoms with Crippen molar-refractivity contribution in [3.05, 3.63) is 133 Å². The second kappa shape index (κ2) is 9.05. The highest BCUT2D eigenvalue weighted by Gasteiger charge is 2.19. The van der Waals surface area contributed by atoms with Gasteiger partial charge in [0.05, 0.1) is 1.37 Å². The maximum atomic E-state index is 8.04. The molecule has 7 aromatic carbocycles. The fourth-order valence-corrected chi connectivity index (χ4v) is 7.80. The molecule has 0 nitrogen and oxygen atoms in total. The minimum atomic E-state index is 0.421. The molecule has 0 bridgehead atoms. The number of fused-ring (bicyclic) bond motifs is 6. The monoisotopic (exact) mass is 529 g/mol. The van der Waals surface area contributed by atoms with Gasteiger partial charge in [0, 0.05) is 20.2 Å². The van der Waals surface area contributed by atoms with Gasteiger partial charge in [0.25, 0.3) is 0 Å². The van der Waals surface area contributed by atoms with Gasteiger partial charge >= 0.3 is 0 Å². The van der Waals surface area contributed by atoms with Crippen molar-refractivity contribution in [2.45, 2.75) is 19.8 Å². The Morgan fingerprint density at radius 1 is 0.525 bits per heavy atom. The second-order valence-corrected chi connectivity index (χ2v) is 12.1. The quantitative estimate of drug-likeness (QED) is 0.200. The smallest absolute Gasteiger partial charge is 0.0623 e. The fourth-order valence-electron chi connectivity index (χ4n) is 6.46. The van der Waals surface area contributed by atoms with Crippen molar-refractivity contribution in [2.75, 3.05) is 0 Å². The largest absolute Gasteiger partial charge is 0.135 e. The molecule has 1 aromatic heterocycles. The van der Waals surface area contributed by atoms with Crippen LogP contribution in [0.1, 0.15) is 26.7 Å². The molecular formula is C39H28S. The highest BCUT2D eigenvalue weighted by molar-refractivity contribution is 7.26. The topological polar surface area (TPSA) is 0 Å². The third kappa shape index (κ3) is 3.51. The zero-order valence-corrected chi connectivity index (χ0v) is 23.3. The molecule has 0 aliphatic heterocycles. The molecule has 8 aromatic rings. The van der Waals surface area contributed by atoms with Gasteiger partial charge in [-0.2, -0.15) is 0 Å². The molecule has 0 amide bonds. The van der Waals surface area contributed by atoms with Crippen LogP contribution in [0.5, 0.6) is 0 Å². The van der Waals surface area contributed by atoms with Crippen molar-refractivity contribution in [3.63, 3.8) is 0 Å². The van der Waals surface area contributed by atoms with E-state index in [1.54, 1.807) is 0 Å². The summed E-state index contributed by atoms with van der Waals surface area (Å²) in [7, 11) is 0. The van der Waals surface area contributed by atoms with Crippen molar-refractivity contribution in [3.8, 4) is 22.3 Å². The Labute approximate surface area is 239 Å². The summed E-state index contributed by atoms with van der Waals surface area (Å²) in [6, 6.07) is 44.6. The summed E-state index contributed by atoms with van der Waals surface area (Å²) < 4.78 is 10.8. The molecule has 190 valence electrons. The van der Waals surface area contributed by atoms with Crippen LogP contribution in [-0.4, -0.2) is 0 Å². The first-order chi connectivity index (χ1) is 20.1. The molecular weight excluding hydrogens is 500 g/mol. The highest BCUT2D eigenvalue weighted by Crippen LogP contribution is 2.47. The lowest BCUT2D eigenvalue weighted by atomic mass is 9.84. The van der Waals surface area contributed by atoms with Crippen LogP contribution in [0, 0.1) is 0 Å². The first kappa shape index (κ1) is 22.4. The Bertz CT molecular complexity index is 2250. The van der Waals surface area contributed by atoms with E-state index in [1.165, 1.54) is 69.5 Å². The van der Waals surface area contributed by atoms with Crippen molar-refractivity contribution in [1.29, 1.82) is 0 Å². The average Bonchev–Trinajstić information content (AvgIpc) is 3.37. The van der Waals surface area contributed by atoms with Crippen molar-refractivity contribution >= 4 is 63.8 Å². The van der Waals surface area contributed by atoms with Gasteiger partial charge in [-0.1, -0.05) is 117 Å². The first-order valence-electron chi connectivity index (χ1n) is 14.5. The van der Waals surface area contributed by atoms with Crippen LogP contribution in [-0.2, 0) is 0 Å². The normalized spacial score (nSPS) is 12.3. The predicted molar refractivity (Wildman–Crippen MR) is 177 cm³/mol. The summed E-state index contributed by atoms with van der Waals surface area (Å²) in [5, 5.41) is 10.0. The van der Waals surface area contributed by atoms with Gasteiger partial charge in [-0.15, -0.1) is 11.3 Å². The number of benzene rings is 7. The van der Waals surface area contributed by atoms with E-state index in [4.69, 9.17) is 1.37 Å². The van der Waals surface area contributed by atoms with Crippen molar-refractivity contribution in [2.24, 2.45) is 0 Å². The van der Waals surface area contributed by atoms with Crippen LogP contribution in [0.2, 0.25) is 0 Å². The van der Waals surface area contributed by atoms with Crippen molar-refractivity contribution in [1.82, 2.24) is 0 Å². The molecule has 0 atom stereocenters. The van der Waals surface area contributed by atoms with Crippen LogP contribution in [0.15, 0.2) is 127 Å². The molecule has 40 heavy (non-hydrogen) atoms. The SMILES string of the molecule is [2H]c1ccc2cc(-c3c4ccccc4c(-c4cc(C(C)C)c5sc6ccccc6c5c4)c4ccccc34)ccc2c1. The average molecular weight is 530 g/mol. The van der Waals surface area contributed by atoms with Gasteiger partial charge in [-0.05, 0) is 90.3 Å². The van der Waals surface area contributed by atoms with Crippen LogP contribution >= 0.6 is 11.3 Å². The van der Waals surface area contributed by atoms with E-state index in [0.717, 1.165) is 10.8 Å². The molecule has 0 saturated carbocycles. The molecule has 1 heteroatoms. The molecule has 8 rings (SSSR count). The molecule has 0 unspecified atom stereocenters. The zero-order valence-electron chi connectivity index (χ0n) is 23.5. The Morgan fingerprint density at radius 2 is 1.15 bits per heavy atom. The lowest BCUT2D eigenvalue weighted by Gasteiger charge is -2.19. The van der Waals surface area contributed by atoms with E-state index in [0.29, 0.717) is 12.0 Å². The lowest BCUT2D eigenvalue weighted by Crippen LogP contribution is -1.93. The molecule has 0 fully saturated rings. The lowest BCUT2D eigenvalue weighted by molar-refractivity contribution is 0.878. The fraction of sp³-hybridized carbons (Fsp3) is 0.0769. The highest BCUT2D eigenvalue weighted by atomic mass is 32.1. The molecule has 0 N–H and O–H groups in total. The van der Waals surface area contributed by atoms with Gasteiger partial charge < -0.3 is 0 Å². The van der Waals surface area contributed by atoms with Gasteiger partial charge in [-0.25, -0.2) is 0 Å². The summed E-state index contributed by atoms with van der Waals surface area (Å²) in [6.45, 7) is 4.62. The van der Waals surface area contributed by atoms with Crippen LogP contribution in [0.25, 0.3) is 74.7 Å². The van der Waals surface area contributed by atoms with Gasteiger partial charge in [0.2, 0.25) is 0 Å². The van der Waals surface area contributed by atoms with Crippen LogP contribution in [0.4, 0.5) is 0 Å². The van der Waals surface area contributed by atoms with E-state index in [9.17, 15) is 0 Å². The van der Waals surface area contributed by atoms with E-state index in [-0.39, 0.29) is 0 Å². The molecule has 0 spiro atoms. The molecule has 0 aliphatic carbocycles. The molecule has 0 radical (unpaired) electrons. The third-order valence-corrected chi connectivity index (χ3v) is 9.56. The maximum Gasteiger partial charge on any atom is 0.0623 e. The minimum Gasteiger partial charge on any atom is -0.135 e. The number of hydrogen-bond acceptors (Lipinski definition) is 1. The Kier molecular flexibility index (Phi) is 5.06. The van der Waals surface area contributed by atoms with E-state index >= 15 is 0 Å². The summed E-state index contributed by atoms with van der Waals surface area (Å²) >= 11 is 1.92. The van der Waals surface area contributed by atoms with E-state index in [1.807, 2.05) is 23.5 Å². The Morgan fingerprint density at radius 3 is 1.82 bits per heavy atom. The van der Waals surface area contributed by atoms with Crippen molar-refractivity contribution < 1.29 is 1.37 Å². The summed E-state index contributed by atoms with van der Waals surface area (Å²) in [6.07, 6.45) is 0. The second-order valence-electron chi connectivity index (χ2n) is 11.0. The number of hydrogen-bond donors (Lipinski definition) is 0. The third-order valence-electron chi connectivity index (χ3n) is 8.32. The van der Waals surface area contributed by atoms with Crippen LogP contribution < -0.4 is 0 Å². The number of rotatable bonds is 3. The Hall–Kier alpha value is -4.46. The first-order valence-corrected chi connectivity index (χ1v) is 14.8. The van der Waals surface area contributed by atoms with Gasteiger partial charge in [0.1, 0.15) is 0 Å². The molecule has 0 saturated heterocycles. The van der Waals surface area contributed by atoms with Crippen LogP contribution in [0.3, 0.4) is 0 Å². The zero-order chi connectivity index (χ0) is 27.7. The maximum absolute atomic E-state index is 8.04. The van der Waals surface area contributed by atoms with E-state index < -0.39 is 0 Å².